The van der Waals surface area contributed by atoms with Gasteiger partial charge in [-0.05, 0) is 29.8 Å². The van der Waals surface area contributed by atoms with Crippen LogP contribution in [0.3, 0.4) is 0 Å². The lowest BCUT2D eigenvalue weighted by Crippen LogP contribution is -2.16. The van der Waals surface area contributed by atoms with Gasteiger partial charge in [0, 0.05) is 25.5 Å². The number of nitrogens with two attached hydrogens (primary N) is 2. The second kappa shape index (κ2) is 9.69. The van der Waals surface area contributed by atoms with Gasteiger partial charge < -0.3 is 16.4 Å². The SMILES string of the molecule is CS(=O)(=O)CCNc1nc(NCc2ccc(S(N)(=O)=O)cc2)nc2ccc(-c3cnc(N)s3)nc12. The topological polar surface area (TPSA) is 196 Å². The molecule has 12 nitrogen and oxygen atoms in total. The summed E-state index contributed by atoms with van der Waals surface area (Å²) in [4.78, 5) is 18.5. The molecule has 6 N–H and O–H groups in total. The summed E-state index contributed by atoms with van der Waals surface area (Å²) in [5.41, 5.74) is 8.16. The minimum atomic E-state index is -3.77. The van der Waals surface area contributed by atoms with Gasteiger partial charge in [0.2, 0.25) is 16.0 Å². The van der Waals surface area contributed by atoms with Crippen LogP contribution in [-0.4, -0.2) is 55.3 Å². The highest BCUT2D eigenvalue weighted by molar-refractivity contribution is 7.90. The fraction of sp³-hybridized carbons (Fsp3) is 0.200. The molecule has 0 aliphatic rings. The molecule has 184 valence electrons. The van der Waals surface area contributed by atoms with Crippen LogP contribution in [0.4, 0.5) is 16.9 Å². The number of anilines is 3. The van der Waals surface area contributed by atoms with Crippen LogP contribution >= 0.6 is 11.3 Å². The average molecular weight is 535 g/mol. The van der Waals surface area contributed by atoms with Gasteiger partial charge in [0.15, 0.2) is 10.9 Å². The lowest BCUT2D eigenvalue weighted by Gasteiger charge is -2.12. The van der Waals surface area contributed by atoms with E-state index in [2.05, 4.69) is 30.6 Å². The normalized spacial score (nSPS) is 12.1. The second-order valence-corrected chi connectivity index (χ2v) is 12.5. The molecule has 0 saturated carbocycles. The molecule has 1 aromatic carbocycles. The van der Waals surface area contributed by atoms with Crippen molar-refractivity contribution in [2.45, 2.75) is 11.4 Å². The molecular formula is C20H22N8O4S3. The number of primary sulfonamides is 1. The lowest BCUT2D eigenvalue weighted by molar-refractivity contribution is 0.597. The van der Waals surface area contributed by atoms with E-state index in [-0.39, 0.29) is 23.1 Å². The van der Waals surface area contributed by atoms with Crippen LogP contribution in [0, 0.1) is 0 Å². The van der Waals surface area contributed by atoms with Gasteiger partial charge in [-0.25, -0.2) is 36.9 Å². The Balaban J connectivity index is 1.63. The highest BCUT2D eigenvalue weighted by atomic mass is 32.2. The maximum atomic E-state index is 11.6. The number of aromatic nitrogens is 4. The first kappa shape index (κ1) is 24.7. The summed E-state index contributed by atoms with van der Waals surface area (Å²) in [5.74, 6) is 0.569. The minimum absolute atomic E-state index is 0.0187. The van der Waals surface area contributed by atoms with Gasteiger partial charge in [-0.15, -0.1) is 0 Å². The number of fused-ring (bicyclic) bond motifs is 1. The maximum absolute atomic E-state index is 11.6. The second-order valence-electron chi connectivity index (χ2n) is 7.62. The number of nitrogen functional groups attached to an aromatic ring is 1. The van der Waals surface area contributed by atoms with Crippen molar-refractivity contribution in [2.75, 3.05) is 34.9 Å². The van der Waals surface area contributed by atoms with E-state index in [9.17, 15) is 16.8 Å². The zero-order chi connectivity index (χ0) is 25.2. The zero-order valence-electron chi connectivity index (χ0n) is 18.5. The van der Waals surface area contributed by atoms with E-state index in [1.807, 2.05) is 0 Å². The van der Waals surface area contributed by atoms with Crippen LogP contribution in [-0.2, 0) is 26.4 Å². The van der Waals surface area contributed by atoms with E-state index < -0.39 is 19.9 Å². The first-order valence-electron chi connectivity index (χ1n) is 10.2. The standard InChI is InChI=1S/C20H22N8O4S3/c1-34(29,30)9-8-23-18-17-15(7-6-14(26-17)16-11-24-19(21)33-16)27-20(28-18)25-10-12-2-4-13(5-3-12)35(22,31)32/h2-7,11H,8-10H2,1H3,(H2,21,24)(H2,22,31,32)(H2,23,25,27,28). The fourth-order valence-electron chi connectivity index (χ4n) is 3.09. The summed E-state index contributed by atoms with van der Waals surface area (Å²) in [7, 11) is -6.95. The Hall–Kier alpha value is -3.40. The zero-order valence-corrected chi connectivity index (χ0v) is 20.9. The molecule has 0 atom stereocenters. The van der Waals surface area contributed by atoms with Crippen molar-refractivity contribution in [2.24, 2.45) is 5.14 Å². The maximum Gasteiger partial charge on any atom is 0.238 e. The Morgan fingerprint density at radius 1 is 0.971 bits per heavy atom. The summed E-state index contributed by atoms with van der Waals surface area (Å²) in [6.45, 7) is 0.448. The van der Waals surface area contributed by atoms with Crippen molar-refractivity contribution in [1.29, 1.82) is 0 Å². The number of hydrogen-bond acceptors (Lipinski definition) is 12. The van der Waals surface area contributed by atoms with Crippen molar-refractivity contribution < 1.29 is 16.8 Å². The predicted molar refractivity (Wildman–Crippen MR) is 136 cm³/mol. The first-order valence-corrected chi connectivity index (χ1v) is 14.6. The molecular weight excluding hydrogens is 512 g/mol. The van der Waals surface area contributed by atoms with Crippen molar-refractivity contribution in [3.63, 3.8) is 0 Å². The molecule has 0 aliphatic heterocycles. The summed E-state index contributed by atoms with van der Waals surface area (Å²) in [6.07, 6.45) is 2.79. The van der Waals surface area contributed by atoms with E-state index in [0.29, 0.717) is 34.2 Å². The summed E-state index contributed by atoms with van der Waals surface area (Å²) in [5, 5.41) is 11.7. The highest BCUT2D eigenvalue weighted by Crippen LogP contribution is 2.29. The lowest BCUT2D eigenvalue weighted by atomic mass is 10.2. The van der Waals surface area contributed by atoms with Gasteiger partial charge in [0.1, 0.15) is 15.4 Å². The van der Waals surface area contributed by atoms with Gasteiger partial charge in [-0.2, -0.15) is 4.98 Å². The molecule has 3 aromatic heterocycles. The fourth-order valence-corrected chi connectivity index (χ4v) is 4.74. The molecule has 0 radical (unpaired) electrons. The Morgan fingerprint density at radius 3 is 2.34 bits per heavy atom. The number of hydrogen-bond donors (Lipinski definition) is 4. The number of benzene rings is 1. The third-order valence-electron chi connectivity index (χ3n) is 4.79. The summed E-state index contributed by atoms with van der Waals surface area (Å²) in [6, 6.07) is 9.68. The van der Waals surface area contributed by atoms with Crippen molar-refractivity contribution in [3.8, 4) is 10.6 Å². The number of nitrogens with zero attached hydrogens (tertiary/aromatic N) is 4. The van der Waals surface area contributed by atoms with Gasteiger partial charge in [0.25, 0.3) is 0 Å². The molecule has 15 heteroatoms. The first-order chi connectivity index (χ1) is 16.5. The van der Waals surface area contributed by atoms with E-state index in [0.717, 1.165) is 16.7 Å². The number of pyridine rings is 1. The van der Waals surface area contributed by atoms with Gasteiger partial charge >= 0.3 is 0 Å². The minimum Gasteiger partial charge on any atom is -0.375 e. The van der Waals surface area contributed by atoms with Crippen LogP contribution in [0.1, 0.15) is 5.56 Å². The molecule has 0 bridgehead atoms. The molecule has 3 heterocycles. The van der Waals surface area contributed by atoms with Gasteiger partial charge in [-0.1, -0.05) is 23.5 Å². The molecule has 0 fully saturated rings. The van der Waals surface area contributed by atoms with Crippen LogP contribution in [0.2, 0.25) is 0 Å². The monoisotopic (exact) mass is 534 g/mol. The summed E-state index contributed by atoms with van der Waals surface area (Å²) >= 11 is 1.29. The predicted octanol–water partition coefficient (Wildman–Crippen LogP) is 1.45. The smallest absolute Gasteiger partial charge is 0.238 e. The third-order valence-corrected chi connectivity index (χ3v) is 7.51. The third kappa shape index (κ3) is 6.39. The van der Waals surface area contributed by atoms with E-state index in [4.69, 9.17) is 10.9 Å². The molecule has 0 unspecified atom stereocenters. The molecule has 0 spiro atoms. The van der Waals surface area contributed by atoms with Crippen LogP contribution in [0.15, 0.2) is 47.5 Å². The van der Waals surface area contributed by atoms with Crippen molar-refractivity contribution in [1.82, 2.24) is 19.9 Å². The van der Waals surface area contributed by atoms with Crippen LogP contribution < -0.4 is 21.5 Å². The number of sulfonamides is 1. The molecule has 35 heavy (non-hydrogen) atoms. The Kier molecular flexibility index (Phi) is 6.84. The Labute approximate surface area is 205 Å². The number of rotatable bonds is 9. The average Bonchev–Trinajstić information content (AvgIpc) is 3.22. The number of nitrogens with one attached hydrogen (secondary N) is 2. The molecule has 0 amide bonds. The number of thiazole rings is 1. The Bertz CT molecular complexity index is 1590. The molecule has 4 aromatic rings. The Morgan fingerprint density at radius 2 is 1.71 bits per heavy atom. The van der Waals surface area contributed by atoms with Crippen LogP contribution in [0.25, 0.3) is 21.6 Å². The van der Waals surface area contributed by atoms with E-state index in [1.54, 1.807) is 30.5 Å². The largest absolute Gasteiger partial charge is 0.375 e. The quantitative estimate of drug-likeness (QED) is 0.242. The summed E-state index contributed by atoms with van der Waals surface area (Å²) < 4.78 is 46.0. The molecule has 0 aliphatic carbocycles. The van der Waals surface area contributed by atoms with Gasteiger partial charge in [-0.3, -0.25) is 0 Å². The van der Waals surface area contributed by atoms with Crippen LogP contribution in [0.5, 0.6) is 0 Å². The van der Waals surface area contributed by atoms with Crippen molar-refractivity contribution in [3.05, 3.63) is 48.2 Å². The van der Waals surface area contributed by atoms with E-state index >= 15 is 0 Å². The number of sulfone groups is 1. The van der Waals surface area contributed by atoms with Crippen molar-refractivity contribution >= 4 is 59.1 Å². The highest BCUT2D eigenvalue weighted by Gasteiger charge is 2.14. The van der Waals surface area contributed by atoms with Gasteiger partial charge in [0.05, 0.1) is 26.7 Å². The molecule has 4 rings (SSSR count). The molecule has 0 saturated heterocycles. The van der Waals surface area contributed by atoms with E-state index in [1.165, 1.54) is 23.5 Å².